The summed E-state index contributed by atoms with van der Waals surface area (Å²) in [5.74, 6) is -0.105. The number of nitrogens with one attached hydrogen (secondary N) is 1. The number of carbonyl (C=O) groups excluding carboxylic acids is 1. The van der Waals surface area contributed by atoms with Gasteiger partial charge in [0.05, 0.1) is 10.6 Å². The Balaban J connectivity index is 1.62. The molecule has 2 aromatic carbocycles. The van der Waals surface area contributed by atoms with Gasteiger partial charge in [-0.15, -0.1) is 0 Å². The van der Waals surface area contributed by atoms with Gasteiger partial charge in [-0.3, -0.25) is 4.79 Å². The SMILES string of the molecule is CCc1ccc(N=C2NC(=O)C(=Cc3cn(C)c4ccccc34)S2)cc1. The van der Waals surface area contributed by atoms with Gasteiger partial charge in [0.25, 0.3) is 5.91 Å². The van der Waals surface area contributed by atoms with Crippen LogP contribution in [0.5, 0.6) is 0 Å². The third-order valence-corrected chi connectivity index (χ3v) is 5.35. The summed E-state index contributed by atoms with van der Waals surface area (Å²) in [5, 5.41) is 4.61. The molecular weight excluding hydrogens is 342 g/mol. The van der Waals surface area contributed by atoms with E-state index in [9.17, 15) is 4.79 Å². The highest BCUT2D eigenvalue weighted by Crippen LogP contribution is 2.30. The fourth-order valence-electron chi connectivity index (χ4n) is 3.03. The largest absolute Gasteiger partial charge is 0.350 e. The Hall–Kier alpha value is -2.79. The van der Waals surface area contributed by atoms with Gasteiger partial charge < -0.3 is 9.88 Å². The minimum absolute atomic E-state index is 0.105. The molecule has 0 radical (unpaired) electrons. The first-order chi connectivity index (χ1) is 12.6. The molecule has 0 saturated carbocycles. The van der Waals surface area contributed by atoms with Crippen molar-refractivity contribution in [2.45, 2.75) is 13.3 Å². The van der Waals surface area contributed by atoms with Gasteiger partial charge in [-0.1, -0.05) is 37.3 Å². The van der Waals surface area contributed by atoms with Crippen LogP contribution in [0.15, 0.2) is 64.6 Å². The fourth-order valence-corrected chi connectivity index (χ4v) is 3.87. The van der Waals surface area contributed by atoms with Gasteiger partial charge in [-0.25, -0.2) is 4.99 Å². The topological polar surface area (TPSA) is 46.4 Å². The lowest BCUT2D eigenvalue weighted by molar-refractivity contribution is -0.115. The summed E-state index contributed by atoms with van der Waals surface area (Å²) in [4.78, 5) is 17.5. The highest BCUT2D eigenvalue weighted by atomic mass is 32.2. The highest BCUT2D eigenvalue weighted by molar-refractivity contribution is 8.18. The second-order valence-corrected chi connectivity index (χ2v) is 7.24. The molecule has 1 aromatic heterocycles. The molecule has 4 rings (SSSR count). The highest BCUT2D eigenvalue weighted by Gasteiger charge is 2.24. The molecule has 5 heteroatoms. The predicted octanol–water partition coefficient (Wildman–Crippen LogP) is 4.63. The van der Waals surface area contributed by atoms with E-state index >= 15 is 0 Å². The van der Waals surface area contributed by atoms with Gasteiger partial charge in [0.15, 0.2) is 5.17 Å². The average Bonchev–Trinajstić information content (AvgIpc) is 3.16. The molecule has 0 atom stereocenters. The number of aromatic nitrogens is 1. The number of benzene rings is 2. The van der Waals surface area contributed by atoms with Crippen molar-refractivity contribution in [3.05, 3.63) is 70.8 Å². The molecule has 0 unspecified atom stereocenters. The summed E-state index contributed by atoms with van der Waals surface area (Å²) < 4.78 is 2.07. The molecule has 4 nitrogen and oxygen atoms in total. The molecule has 26 heavy (non-hydrogen) atoms. The molecule has 1 fully saturated rings. The van der Waals surface area contributed by atoms with E-state index < -0.39 is 0 Å². The first-order valence-electron chi connectivity index (χ1n) is 8.56. The van der Waals surface area contributed by atoms with Crippen LogP contribution < -0.4 is 5.32 Å². The number of hydrogen-bond acceptors (Lipinski definition) is 3. The van der Waals surface area contributed by atoms with Crippen LogP contribution in [-0.2, 0) is 18.3 Å². The molecule has 1 aliphatic rings. The molecule has 1 saturated heterocycles. The second-order valence-electron chi connectivity index (χ2n) is 6.21. The molecule has 130 valence electrons. The van der Waals surface area contributed by atoms with Crippen molar-refractivity contribution in [2.24, 2.45) is 12.0 Å². The molecule has 0 bridgehead atoms. The number of para-hydroxylation sites is 1. The number of nitrogens with zero attached hydrogens (tertiary/aromatic N) is 2. The number of amides is 1. The Morgan fingerprint density at radius 3 is 2.69 bits per heavy atom. The van der Waals surface area contributed by atoms with E-state index in [1.54, 1.807) is 0 Å². The number of amidine groups is 1. The predicted molar refractivity (Wildman–Crippen MR) is 110 cm³/mol. The van der Waals surface area contributed by atoms with Crippen molar-refractivity contribution in [1.82, 2.24) is 9.88 Å². The van der Waals surface area contributed by atoms with Crippen molar-refractivity contribution >= 4 is 45.5 Å². The van der Waals surface area contributed by atoms with E-state index in [0.717, 1.165) is 28.6 Å². The summed E-state index contributed by atoms with van der Waals surface area (Å²) in [5.41, 5.74) is 4.30. The maximum atomic E-state index is 12.3. The summed E-state index contributed by atoms with van der Waals surface area (Å²) in [6, 6.07) is 16.3. The fraction of sp³-hybridized carbons (Fsp3) is 0.143. The Morgan fingerprint density at radius 1 is 1.15 bits per heavy atom. The first kappa shape index (κ1) is 16.7. The van der Waals surface area contributed by atoms with Gasteiger partial charge >= 0.3 is 0 Å². The van der Waals surface area contributed by atoms with E-state index in [1.165, 1.54) is 17.3 Å². The van der Waals surface area contributed by atoms with Crippen molar-refractivity contribution in [1.29, 1.82) is 0 Å². The number of aryl methyl sites for hydroxylation is 2. The standard InChI is InChI=1S/C21H19N3OS/c1-3-14-8-10-16(11-9-14)22-21-23-20(25)19(26-21)12-15-13-24(2)18-7-5-4-6-17(15)18/h4-13H,3H2,1-2H3,(H,22,23,25). The van der Waals surface area contributed by atoms with E-state index in [1.807, 2.05) is 43.6 Å². The number of fused-ring (bicyclic) bond motifs is 1. The summed E-state index contributed by atoms with van der Waals surface area (Å²) in [6.45, 7) is 2.12. The number of carbonyl (C=O) groups is 1. The Bertz CT molecular complexity index is 1040. The average molecular weight is 361 g/mol. The van der Waals surface area contributed by atoms with Crippen LogP contribution >= 0.6 is 11.8 Å². The van der Waals surface area contributed by atoms with Crippen LogP contribution in [0.3, 0.4) is 0 Å². The maximum Gasteiger partial charge on any atom is 0.264 e. The zero-order chi connectivity index (χ0) is 18.1. The van der Waals surface area contributed by atoms with E-state index in [0.29, 0.717) is 10.1 Å². The van der Waals surface area contributed by atoms with Crippen molar-refractivity contribution in [2.75, 3.05) is 0 Å². The molecule has 3 aromatic rings. The normalized spacial score (nSPS) is 17.4. The molecule has 1 amide bonds. The van der Waals surface area contributed by atoms with Crippen molar-refractivity contribution in [3.8, 4) is 0 Å². The van der Waals surface area contributed by atoms with Crippen molar-refractivity contribution < 1.29 is 4.79 Å². The molecule has 0 spiro atoms. The maximum absolute atomic E-state index is 12.3. The first-order valence-corrected chi connectivity index (χ1v) is 9.38. The lowest BCUT2D eigenvalue weighted by Gasteiger charge is -1.98. The molecule has 1 N–H and O–H groups in total. The van der Waals surface area contributed by atoms with Crippen LogP contribution in [0.2, 0.25) is 0 Å². The van der Waals surface area contributed by atoms with Gasteiger partial charge in [0.1, 0.15) is 0 Å². The van der Waals surface area contributed by atoms with Gasteiger partial charge in [0, 0.05) is 29.7 Å². The number of thioether (sulfide) groups is 1. The minimum atomic E-state index is -0.105. The Labute approximate surface area is 156 Å². The number of aliphatic imine (C=N–C) groups is 1. The summed E-state index contributed by atoms with van der Waals surface area (Å²) in [6.07, 6.45) is 4.98. The molecule has 2 heterocycles. The van der Waals surface area contributed by atoms with Gasteiger partial charge in [0.2, 0.25) is 0 Å². The van der Waals surface area contributed by atoms with Crippen LogP contribution in [-0.4, -0.2) is 15.6 Å². The van der Waals surface area contributed by atoms with E-state index in [2.05, 4.69) is 46.1 Å². The third kappa shape index (κ3) is 3.18. The van der Waals surface area contributed by atoms with Gasteiger partial charge in [-0.05, 0) is 48.0 Å². The van der Waals surface area contributed by atoms with Crippen LogP contribution in [0, 0.1) is 0 Å². The van der Waals surface area contributed by atoms with Crippen LogP contribution in [0.4, 0.5) is 5.69 Å². The molecule has 1 aliphatic heterocycles. The Morgan fingerprint density at radius 2 is 1.92 bits per heavy atom. The molecule has 0 aliphatic carbocycles. The number of rotatable bonds is 3. The van der Waals surface area contributed by atoms with Crippen LogP contribution in [0.25, 0.3) is 17.0 Å². The summed E-state index contributed by atoms with van der Waals surface area (Å²) >= 11 is 1.38. The smallest absolute Gasteiger partial charge is 0.264 e. The lowest BCUT2D eigenvalue weighted by atomic mass is 10.1. The zero-order valence-corrected chi connectivity index (χ0v) is 15.5. The lowest BCUT2D eigenvalue weighted by Crippen LogP contribution is -2.19. The summed E-state index contributed by atoms with van der Waals surface area (Å²) in [7, 11) is 2.01. The van der Waals surface area contributed by atoms with Crippen LogP contribution in [0.1, 0.15) is 18.1 Å². The monoisotopic (exact) mass is 361 g/mol. The third-order valence-electron chi connectivity index (χ3n) is 4.44. The number of hydrogen-bond donors (Lipinski definition) is 1. The minimum Gasteiger partial charge on any atom is -0.350 e. The van der Waals surface area contributed by atoms with E-state index in [4.69, 9.17) is 0 Å². The Kier molecular flexibility index (Phi) is 4.39. The quantitative estimate of drug-likeness (QED) is 0.691. The second kappa shape index (κ2) is 6.84. The zero-order valence-electron chi connectivity index (χ0n) is 14.7. The molecular formula is C21H19N3OS. The van der Waals surface area contributed by atoms with Crippen molar-refractivity contribution in [3.63, 3.8) is 0 Å². The van der Waals surface area contributed by atoms with Gasteiger partial charge in [-0.2, -0.15) is 0 Å². The van der Waals surface area contributed by atoms with E-state index in [-0.39, 0.29) is 5.91 Å².